The molecule has 0 atom stereocenters. The number of benzene rings is 1. The second-order valence-electron chi connectivity index (χ2n) is 6.94. The Bertz CT molecular complexity index is 829. The molecule has 2 aromatic rings. The molecule has 0 radical (unpaired) electrons. The van der Waals surface area contributed by atoms with E-state index in [1.165, 1.54) is 19.5 Å². The van der Waals surface area contributed by atoms with Crippen LogP contribution in [0.3, 0.4) is 0 Å². The molecule has 8 nitrogen and oxygen atoms in total. The zero-order chi connectivity index (χ0) is 20.2. The smallest absolute Gasteiger partial charge is 0.413 e. The third kappa shape index (κ3) is 5.40. The molecule has 27 heavy (non-hydrogen) atoms. The van der Waals surface area contributed by atoms with Crippen molar-refractivity contribution in [2.45, 2.75) is 33.3 Å². The van der Waals surface area contributed by atoms with E-state index in [-0.39, 0.29) is 5.82 Å². The van der Waals surface area contributed by atoms with E-state index >= 15 is 0 Å². The molecule has 8 heteroatoms. The van der Waals surface area contributed by atoms with Gasteiger partial charge in [0.05, 0.1) is 25.1 Å². The lowest BCUT2D eigenvalue weighted by atomic mass is 10.1. The third-order valence-corrected chi connectivity index (χ3v) is 3.60. The molecular weight excluding hydrogens is 348 g/mol. The van der Waals surface area contributed by atoms with Gasteiger partial charge in [0, 0.05) is 12.7 Å². The number of ether oxygens (including phenoxy) is 2. The van der Waals surface area contributed by atoms with Crippen LogP contribution in [0.25, 0.3) is 0 Å². The fourth-order valence-corrected chi connectivity index (χ4v) is 2.31. The standard InChI is InChI=1S/C19H24N4O4/c1-12-7-8-13(17(24)26-6)9-14(12)23(5)16-11-20-15(10-21-16)22-18(25)27-19(2,3)4/h7-11H,1-6H3,(H,20,22,25). The second-order valence-corrected chi connectivity index (χ2v) is 6.94. The highest BCUT2D eigenvalue weighted by molar-refractivity contribution is 5.91. The number of aromatic nitrogens is 2. The van der Waals surface area contributed by atoms with Crippen LogP contribution >= 0.6 is 0 Å². The lowest BCUT2D eigenvalue weighted by Gasteiger charge is -2.21. The number of hydrogen-bond acceptors (Lipinski definition) is 7. The van der Waals surface area contributed by atoms with Crippen LogP contribution in [0.5, 0.6) is 0 Å². The van der Waals surface area contributed by atoms with Crippen molar-refractivity contribution in [2.75, 3.05) is 24.4 Å². The van der Waals surface area contributed by atoms with Crippen molar-refractivity contribution in [2.24, 2.45) is 0 Å². The van der Waals surface area contributed by atoms with Crippen LogP contribution in [0.1, 0.15) is 36.7 Å². The van der Waals surface area contributed by atoms with Crippen molar-refractivity contribution >= 4 is 29.4 Å². The van der Waals surface area contributed by atoms with Crippen LogP contribution < -0.4 is 10.2 Å². The summed E-state index contributed by atoms with van der Waals surface area (Å²) in [6.45, 7) is 7.27. The minimum atomic E-state index is -0.598. The number of anilines is 3. The van der Waals surface area contributed by atoms with Gasteiger partial charge in [0.2, 0.25) is 0 Å². The summed E-state index contributed by atoms with van der Waals surface area (Å²) in [4.78, 5) is 33.9. The van der Waals surface area contributed by atoms with E-state index in [0.29, 0.717) is 11.4 Å². The average molecular weight is 372 g/mol. The number of nitrogens with zero attached hydrogens (tertiary/aromatic N) is 3. The first-order valence-corrected chi connectivity index (χ1v) is 8.35. The van der Waals surface area contributed by atoms with Gasteiger partial charge in [-0.1, -0.05) is 6.07 Å². The van der Waals surface area contributed by atoms with Gasteiger partial charge in [0.1, 0.15) is 5.60 Å². The molecule has 0 unspecified atom stereocenters. The Balaban J connectivity index is 2.17. The molecule has 1 N–H and O–H groups in total. The van der Waals surface area contributed by atoms with Crippen molar-refractivity contribution in [1.29, 1.82) is 0 Å². The van der Waals surface area contributed by atoms with Crippen LogP contribution in [0.4, 0.5) is 22.1 Å². The lowest BCUT2D eigenvalue weighted by molar-refractivity contribution is 0.0598. The number of hydrogen-bond donors (Lipinski definition) is 1. The zero-order valence-electron chi connectivity index (χ0n) is 16.4. The lowest BCUT2D eigenvalue weighted by Crippen LogP contribution is -2.27. The van der Waals surface area contributed by atoms with Crippen LogP contribution in [0.2, 0.25) is 0 Å². The Labute approximate surface area is 158 Å². The van der Waals surface area contributed by atoms with Gasteiger partial charge < -0.3 is 14.4 Å². The average Bonchev–Trinajstić information content (AvgIpc) is 2.60. The summed E-state index contributed by atoms with van der Waals surface area (Å²) in [5.74, 6) is 0.420. The Morgan fingerprint density at radius 2 is 1.85 bits per heavy atom. The SMILES string of the molecule is COC(=O)c1ccc(C)c(N(C)c2cnc(NC(=O)OC(C)(C)C)cn2)c1. The molecule has 0 fully saturated rings. The number of rotatable bonds is 4. The van der Waals surface area contributed by atoms with Crippen molar-refractivity contribution in [3.05, 3.63) is 41.7 Å². The minimum Gasteiger partial charge on any atom is -0.465 e. The maximum Gasteiger partial charge on any atom is 0.413 e. The van der Waals surface area contributed by atoms with Crippen molar-refractivity contribution in [1.82, 2.24) is 9.97 Å². The summed E-state index contributed by atoms with van der Waals surface area (Å²) in [5, 5.41) is 2.53. The van der Waals surface area contributed by atoms with Crippen LogP contribution in [0, 0.1) is 6.92 Å². The van der Waals surface area contributed by atoms with Crippen LogP contribution in [-0.2, 0) is 9.47 Å². The predicted octanol–water partition coefficient (Wildman–Crippen LogP) is 3.69. The van der Waals surface area contributed by atoms with E-state index in [1.54, 1.807) is 37.8 Å². The molecule has 1 aromatic carbocycles. The maximum absolute atomic E-state index is 11.8. The van der Waals surface area contributed by atoms with Crippen molar-refractivity contribution < 1.29 is 19.1 Å². The second kappa shape index (κ2) is 8.03. The molecule has 0 saturated carbocycles. The molecule has 0 aliphatic carbocycles. The molecule has 0 spiro atoms. The number of aryl methyl sites for hydroxylation is 1. The van der Waals surface area contributed by atoms with Gasteiger partial charge in [-0.2, -0.15) is 0 Å². The third-order valence-electron chi connectivity index (χ3n) is 3.60. The molecule has 0 aliphatic heterocycles. The number of carbonyl (C=O) groups excluding carboxylic acids is 2. The summed E-state index contributed by atoms with van der Waals surface area (Å²) in [7, 11) is 3.15. The highest BCUT2D eigenvalue weighted by Crippen LogP contribution is 2.26. The Morgan fingerprint density at radius 1 is 1.15 bits per heavy atom. The van der Waals surface area contributed by atoms with Gasteiger partial charge in [0.15, 0.2) is 11.6 Å². The largest absolute Gasteiger partial charge is 0.465 e. The van der Waals surface area contributed by atoms with E-state index < -0.39 is 17.7 Å². The molecule has 1 heterocycles. The first-order chi connectivity index (χ1) is 12.6. The van der Waals surface area contributed by atoms with Gasteiger partial charge in [-0.05, 0) is 45.4 Å². The molecule has 2 rings (SSSR count). The first kappa shape index (κ1) is 20.2. The number of nitrogens with one attached hydrogen (secondary N) is 1. The van der Waals surface area contributed by atoms with Gasteiger partial charge in [-0.3, -0.25) is 5.32 Å². The molecule has 0 saturated heterocycles. The van der Waals surface area contributed by atoms with Crippen LogP contribution in [-0.4, -0.2) is 41.8 Å². The van der Waals surface area contributed by atoms with E-state index in [9.17, 15) is 9.59 Å². The molecule has 0 aliphatic rings. The Kier molecular flexibility index (Phi) is 5.99. The highest BCUT2D eigenvalue weighted by Gasteiger charge is 2.17. The normalized spacial score (nSPS) is 10.9. The molecule has 144 valence electrons. The summed E-state index contributed by atoms with van der Waals surface area (Å²) in [5.41, 5.74) is 1.60. The highest BCUT2D eigenvalue weighted by atomic mass is 16.6. The fraction of sp³-hybridized carbons (Fsp3) is 0.368. The van der Waals surface area contributed by atoms with Gasteiger partial charge in [0.25, 0.3) is 0 Å². The maximum atomic E-state index is 11.8. The molecule has 1 aromatic heterocycles. The fourth-order valence-electron chi connectivity index (χ4n) is 2.31. The zero-order valence-corrected chi connectivity index (χ0v) is 16.4. The minimum absolute atomic E-state index is 0.279. The molecule has 0 bridgehead atoms. The number of methoxy groups -OCH3 is 1. The topological polar surface area (TPSA) is 93.7 Å². The van der Waals surface area contributed by atoms with Crippen molar-refractivity contribution in [3.8, 4) is 0 Å². The summed E-state index contributed by atoms with van der Waals surface area (Å²) in [6, 6.07) is 5.28. The molecular formula is C19H24N4O4. The van der Waals surface area contributed by atoms with Crippen LogP contribution in [0.15, 0.2) is 30.6 Å². The molecule has 1 amide bonds. The van der Waals surface area contributed by atoms with Gasteiger partial charge in [-0.25, -0.2) is 19.6 Å². The summed E-state index contributed by atoms with van der Waals surface area (Å²) < 4.78 is 9.94. The Hall–Kier alpha value is -3.16. The van der Waals surface area contributed by atoms with E-state index in [1.807, 2.05) is 20.0 Å². The summed E-state index contributed by atoms with van der Waals surface area (Å²) >= 11 is 0. The summed E-state index contributed by atoms with van der Waals surface area (Å²) in [6.07, 6.45) is 2.37. The Morgan fingerprint density at radius 3 is 2.41 bits per heavy atom. The first-order valence-electron chi connectivity index (χ1n) is 8.35. The van der Waals surface area contributed by atoms with E-state index in [4.69, 9.17) is 9.47 Å². The predicted molar refractivity (Wildman–Crippen MR) is 102 cm³/mol. The quantitative estimate of drug-likeness (QED) is 0.818. The number of amides is 1. The van der Waals surface area contributed by atoms with Gasteiger partial charge in [-0.15, -0.1) is 0 Å². The number of carbonyl (C=O) groups is 2. The number of esters is 1. The van der Waals surface area contributed by atoms with Crippen molar-refractivity contribution in [3.63, 3.8) is 0 Å². The van der Waals surface area contributed by atoms with Gasteiger partial charge >= 0.3 is 12.1 Å². The van der Waals surface area contributed by atoms with E-state index in [0.717, 1.165) is 11.3 Å². The monoisotopic (exact) mass is 372 g/mol. The van der Waals surface area contributed by atoms with E-state index in [2.05, 4.69) is 15.3 Å².